The van der Waals surface area contributed by atoms with Gasteiger partial charge in [-0.25, -0.2) is 0 Å². The maximum Gasteiger partial charge on any atom is 0.340 e. The van der Waals surface area contributed by atoms with Crippen LogP contribution < -0.4 is 14.0 Å². The molecule has 4 aromatic rings. The van der Waals surface area contributed by atoms with Crippen molar-refractivity contribution in [3.8, 4) is 11.1 Å². The predicted octanol–water partition coefficient (Wildman–Crippen LogP) is 3.17. The van der Waals surface area contributed by atoms with E-state index in [2.05, 4.69) is 20.7 Å². The molecular formula is C24H18N6O4S. The summed E-state index contributed by atoms with van der Waals surface area (Å²) in [5, 5.41) is 10.8. The molecule has 0 aliphatic carbocycles. The monoisotopic (exact) mass is 486 g/mol. The van der Waals surface area contributed by atoms with Crippen LogP contribution in [-0.4, -0.2) is 36.1 Å². The zero-order valence-electron chi connectivity index (χ0n) is 18.1. The van der Waals surface area contributed by atoms with Crippen molar-refractivity contribution in [1.29, 1.82) is 0 Å². The number of carbonyl (C=O) groups excluding carboxylic acids is 2. The normalized spacial score (nSPS) is 15.3. The Morgan fingerprint density at radius 3 is 1.74 bits per heavy atom. The molecule has 1 aliphatic heterocycles. The van der Waals surface area contributed by atoms with Gasteiger partial charge in [-0.3, -0.25) is 20.1 Å². The number of aromatic nitrogens is 2. The average molecular weight is 487 g/mol. The first-order valence-corrected chi connectivity index (χ1v) is 11.8. The van der Waals surface area contributed by atoms with Crippen molar-refractivity contribution in [3.63, 3.8) is 0 Å². The van der Waals surface area contributed by atoms with Crippen molar-refractivity contribution in [2.75, 3.05) is 14.0 Å². The van der Waals surface area contributed by atoms with Crippen LogP contribution in [0.15, 0.2) is 102 Å². The van der Waals surface area contributed by atoms with E-state index in [1.807, 2.05) is 30.3 Å². The minimum atomic E-state index is -4.59. The molecule has 2 amide bonds. The summed E-state index contributed by atoms with van der Waals surface area (Å²) >= 11 is 0. The average Bonchev–Trinajstić information content (AvgIpc) is 3.34. The van der Waals surface area contributed by atoms with Gasteiger partial charge in [-0.05, 0) is 29.8 Å². The summed E-state index contributed by atoms with van der Waals surface area (Å²) in [6.07, 6.45) is 1.57. The van der Waals surface area contributed by atoms with Gasteiger partial charge in [0.1, 0.15) is 5.82 Å². The van der Waals surface area contributed by atoms with E-state index in [4.69, 9.17) is 0 Å². The lowest BCUT2D eigenvalue weighted by molar-refractivity contribution is -0.116. The molecule has 10 nitrogen and oxygen atoms in total. The van der Waals surface area contributed by atoms with Gasteiger partial charge in [0.25, 0.3) is 11.8 Å². The Hall–Kier alpha value is -4.77. The molecule has 0 saturated carbocycles. The summed E-state index contributed by atoms with van der Waals surface area (Å²) in [5.41, 5.74) is 3.69. The number of hydrazone groups is 1. The Balaban J connectivity index is 1.60. The highest BCUT2D eigenvalue weighted by Crippen LogP contribution is 2.30. The van der Waals surface area contributed by atoms with Crippen LogP contribution in [0, 0.1) is 0 Å². The maximum absolute atomic E-state index is 13.5. The fraction of sp³-hybridized carbons (Fsp3) is 0. The van der Waals surface area contributed by atoms with Crippen molar-refractivity contribution in [2.45, 2.75) is 0 Å². The molecule has 1 aromatic heterocycles. The third-order valence-electron chi connectivity index (χ3n) is 5.22. The molecule has 1 fully saturated rings. The lowest BCUT2D eigenvalue weighted by Crippen LogP contribution is -2.61. The smallest absolute Gasteiger partial charge is 0.265 e. The zero-order chi connectivity index (χ0) is 24.4. The first-order valence-electron chi connectivity index (χ1n) is 10.5. The Labute approximate surface area is 200 Å². The Morgan fingerprint density at radius 2 is 1.23 bits per heavy atom. The van der Waals surface area contributed by atoms with E-state index in [1.165, 1.54) is 24.3 Å². The zero-order valence-corrected chi connectivity index (χ0v) is 18.9. The second kappa shape index (κ2) is 8.88. The van der Waals surface area contributed by atoms with Gasteiger partial charge in [-0.15, -0.1) is 0 Å². The number of nitrogens with zero attached hydrogens (tertiary/aromatic N) is 4. The second-order valence-corrected chi connectivity index (χ2v) is 9.04. The number of aromatic amines is 1. The largest absolute Gasteiger partial charge is 0.340 e. The number of H-pyrrole nitrogens is 1. The van der Waals surface area contributed by atoms with E-state index in [0.29, 0.717) is 20.0 Å². The van der Waals surface area contributed by atoms with Crippen LogP contribution >= 0.6 is 0 Å². The van der Waals surface area contributed by atoms with Crippen molar-refractivity contribution < 1.29 is 18.0 Å². The Kier molecular flexibility index (Phi) is 5.59. The first kappa shape index (κ1) is 22.0. The van der Waals surface area contributed by atoms with Crippen LogP contribution in [0.1, 0.15) is 0 Å². The number of para-hydroxylation sites is 2. The van der Waals surface area contributed by atoms with Crippen molar-refractivity contribution in [3.05, 3.63) is 97.2 Å². The van der Waals surface area contributed by atoms with Crippen molar-refractivity contribution in [2.24, 2.45) is 5.10 Å². The fourth-order valence-corrected chi connectivity index (χ4v) is 5.15. The molecule has 0 unspecified atom stereocenters. The van der Waals surface area contributed by atoms with Gasteiger partial charge in [0.2, 0.25) is 5.71 Å². The first-order chi connectivity index (χ1) is 17.0. The van der Waals surface area contributed by atoms with Gasteiger partial charge in [-0.1, -0.05) is 66.7 Å². The van der Waals surface area contributed by atoms with Gasteiger partial charge in [0.05, 0.1) is 17.6 Å². The topological polar surface area (TPSA) is 128 Å². The summed E-state index contributed by atoms with van der Waals surface area (Å²) in [6.45, 7) is 0. The summed E-state index contributed by atoms with van der Waals surface area (Å²) in [4.78, 5) is 26.7. The second-order valence-electron chi connectivity index (χ2n) is 7.41. The minimum absolute atomic E-state index is 0.0742. The quantitative estimate of drug-likeness (QED) is 0.417. The van der Waals surface area contributed by atoms with E-state index < -0.39 is 27.7 Å². The fourth-order valence-electron chi connectivity index (χ4n) is 3.62. The molecule has 11 heteroatoms. The number of hydrogen-bond donors (Lipinski definition) is 2. The number of amides is 2. The lowest BCUT2D eigenvalue weighted by atomic mass is 10.1. The third kappa shape index (κ3) is 3.93. The molecule has 0 bridgehead atoms. The molecule has 3 aromatic carbocycles. The summed E-state index contributed by atoms with van der Waals surface area (Å²) < 4.78 is 28.1. The van der Waals surface area contributed by atoms with E-state index >= 15 is 0 Å². The van der Waals surface area contributed by atoms with Crippen LogP contribution in [-0.2, 0) is 19.8 Å². The highest BCUT2D eigenvalue weighted by Gasteiger charge is 2.49. The van der Waals surface area contributed by atoms with Crippen LogP contribution in [0.4, 0.5) is 17.2 Å². The van der Waals surface area contributed by atoms with E-state index in [1.54, 1.807) is 42.6 Å². The van der Waals surface area contributed by atoms with Crippen molar-refractivity contribution >= 4 is 44.9 Å². The molecule has 2 heterocycles. The third-order valence-corrected chi connectivity index (χ3v) is 6.90. The standard InChI is InChI=1S/C24H18N6O4S/c31-23-21(26-28-22-20(16-25-27-22)17-10-4-1-5-11-17)24(32)30(19-14-8-3-9-15-19)35(33,34)29(23)18-12-6-2-7-13-18/h1-16H,(H2,25,27,28). The van der Waals surface area contributed by atoms with Crippen LogP contribution in [0.2, 0.25) is 0 Å². The Bertz CT molecular complexity index is 1450. The van der Waals surface area contributed by atoms with Gasteiger partial charge in [-0.2, -0.15) is 27.2 Å². The number of rotatable bonds is 5. The number of carbonyl (C=O) groups is 2. The van der Waals surface area contributed by atoms with Gasteiger partial charge in [0, 0.05) is 5.56 Å². The summed E-state index contributed by atoms with van der Waals surface area (Å²) in [7, 11) is -4.59. The van der Waals surface area contributed by atoms with Gasteiger partial charge in [0.15, 0.2) is 0 Å². The lowest BCUT2D eigenvalue weighted by Gasteiger charge is -2.34. The molecule has 0 spiro atoms. The number of nitrogens with one attached hydrogen (secondary N) is 2. The van der Waals surface area contributed by atoms with Crippen LogP contribution in [0.3, 0.4) is 0 Å². The molecule has 35 heavy (non-hydrogen) atoms. The van der Waals surface area contributed by atoms with Crippen LogP contribution in [0.25, 0.3) is 11.1 Å². The molecule has 5 rings (SSSR count). The number of benzene rings is 3. The van der Waals surface area contributed by atoms with Crippen LogP contribution in [0.5, 0.6) is 0 Å². The molecule has 1 saturated heterocycles. The number of anilines is 3. The minimum Gasteiger partial charge on any atom is -0.265 e. The van der Waals surface area contributed by atoms with E-state index in [0.717, 1.165) is 5.56 Å². The number of hydrogen-bond acceptors (Lipinski definition) is 7. The molecular weight excluding hydrogens is 468 g/mol. The molecule has 1 aliphatic rings. The SMILES string of the molecule is O=C1C(=NNc2[nH]ncc2-c2ccccc2)C(=O)N(c2ccccc2)S(=O)(=O)N1c1ccccc1. The summed E-state index contributed by atoms with van der Waals surface area (Å²) in [5.74, 6) is -1.83. The highest BCUT2D eigenvalue weighted by atomic mass is 32.2. The van der Waals surface area contributed by atoms with Gasteiger partial charge >= 0.3 is 10.2 Å². The van der Waals surface area contributed by atoms with Gasteiger partial charge < -0.3 is 0 Å². The molecule has 0 radical (unpaired) electrons. The van der Waals surface area contributed by atoms with E-state index in [-0.39, 0.29) is 11.4 Å². The maximum atomic E-state index is 13.5. The molecule has 174 valence electrons. The predicted molar refractivity (Wildman–Crippen MR) is 132 cm³/mol. The van der Waals surface area contributed by atoms with E-state index in [9.17, 15) is 18.0 Å². The summed E-state index contributed by atoms with van der Waals surface area (Å²) in [6, 6.07) is 24.9. The molecule has 0 atom stereocenters. The molecule has 2 N–H and O–H groups in total. The highest BCUT2D eigenvalue weighted by molar-refractivity contribution is 7.96. The Morgan fingerprint density at radius 1 is 0.743 bits per heavy atom. The van der Waals surface area contributed by atoms with Crippen molar-refractivity contribution in [1.82, 2.24) is 10.2 Å².